The summed E-state index contributed by atoms with van der Waals surface area (Å²) in [4.78, 5) is 22.9. The Kier molecular flexibility index (Phi) is 3.06. The maximum atomic E-state index is 13.1. The highest BCUT2D eigenvalue weighted by molar-refractivity contribution is 7.10. The minimum absolute atomic E-state index is 0.120. The number of aromatic nitrogens is 4. The smallest absolute Gasteiger partial charge is 0.240 e. The molecule has 5 rings (SSSR count). The summed E-state index contributed by atoms with van der Waals surface area (Å²) in [5.41, 5.74) is 7.72. The standard InChI is InChI=1S/C18H17N5O2S/c1-18(2)6-9(24)12-10(7-18)25-16-14(13(12)11-4-3-5-26-11)15-21-17(19)22-23(15)8-20-16/h3-5,8,13H,6-7H2,1-2H3,(H2,19,22)/t13-/m1/s1. The zero-order valence-electron chi connectivity index (χ0n) is 14.4. The quantitative estimate of drug-likeness (QED) is 0.710. The number of carbonyl (C=O) groups excluding carboxylic acids is 1. The van der Waals surface area contributed by atoms with E-state index in [4.69, 9.17) is 10.5 Å². The monoisotopic (exact) mass is 367 g/mol. The third kappa shape index (κ3) is 2.18. The molecule has 7 nitrogen and oxygen atoms in total. The lowest BCUT2D eigenvalue weighted by molar-refractivity contribution is -0.118. The van der Waals surface area contributed by atoms with E-state index in [2.05, 4.69) is 28.9 Å². The SMILES string of the molecule is CC1(C)CC(=O)C2=C(C1)Oc1ncn3nc(N)nc3c1[C@@H]2c1cccs1. The zero-order chi connectivity index (χ0) is 18.1. The fraction of sp³-hybridized carbons (Fsp3) is 0.333. The second-order valence-corrected chi connectivity index (χ2v) is 8.51. The molecule has 0 bridgehead atoms. The number of allylic oxidation sites excluding steroid dienone is 2. The van der Waals surface area contributed by atoms with Gasteiger partial charge in [-0.1, -0.05) is 19.9 Å². The molecule has 0 unspecified atom stereocenters. The largest absolute Gasteiger partial charge is 0.442 e. The number of nitrogens with zero attached hydrogens (tertiary/aromatic N) is 4. The number of fused-ring (bicyclic) bond motifs is 3. The fourth-order valence-corrected chi connectivity index (χ4v) is 4.75. The van der Waals surface area contributed by atoms with Gasteiger partial charge in [0.2, 0.25) is 11.8 Å². The number of nitrogens with two attached hydrogens (primary N) is 1. The van der Waals surface area contributed by atoms with Crippen molar-refractivity contribution in [1.29, 1.82) is 0 Å². The van der Waals surface area contributed by atoms with Crippen LogP contribution in [0.5, 0.6) is 5.88 Å². The van der Waals surface area contributed by atoms with Crippen LogP contribution in [0.4, 0.5) is 5.95 Å². The van der Waals surface area contributed by atoms with Gasteiger partial charge in [-0.2, -0.15) is 9.50 Å². The number of rotatable bonds is 1. The molecule has 1 atom stereocenters. The zero-order valence-corrected chi connectivity index (χ0v) is 15.2. The van der Waals surface area contributed by atoms with Crippen LogP contribution < -0.4 is 10.5 Å². The summed E-state index contributed by atoms with van der Waals surface area (Å²) in [7, 11) is 0. The van der Waals surface area contributed by atoms with E-state index in [9.17, 15) is 4.79 Å². The van der Waals surface area contributed by atoms with Gasteiger partial charge in [0.15, 0.2) is 11.4 Å². The number of hydrogen-bond acceptors (Lipinski definition) is 7. The molecule has 1 aliphatic heterocycles. The molecule has 1 aliphatic carbocycles. The van der Waals surface area contributed by atoms with Gasteiger partial charge in [0, 0.05) is 23.3 Å². The molecular weight excluding hydrogens is 350 g/mol. The van der Waals surface area contributed by atoms with Crippen LogP contribution in [0.15, 0.2) is 35.2 Å². The Balaban J connectivity index is 1.81. The molecule has 0 fully saturated rings. The summed E-state index contributed by atoms with van der Waals surface area (Å²) >= 11 is 1.61. The van der Waals surface area contributed by atoms with Crippen LogP contribution in [0, 0.1) is 5.41 Å². The van der Waals surface area contributed by atoms with E-state index in [1.807, 2.05) is 17.5 Å². The first kappa shape index (κ1) is 15.5. The molecule has 0 radical (unpaired) electrons. The minimum Gasteiger partial charge on any atom is -0.442 e. The van der Waals surface area contributed by atoms with Crippen LogP contribution in [0.1, 0.15) is 43.0 Å². The van der Waals surface area contributed by atoms with Gasteiger partial charge in [0.25, 0.3) is 0 Å². The van der Waals surface area contributed by atoms with Crippen LogP contribution >= 0.6 is 11.3 Å². The molecule has 0 aromatic carbocycles. The summed E-state index contributed by atoms with van der Waals surface area (Å²) in [6.45, 7) is 4.17. The van der Waals surface area contributed by atoms with Crippen molar-refractivity contribution in [3.8, 4) is 5.88 Å². The van der Waals surface area contributed by atoms with Gasteiger partial charge in [0.1, 0.15) is 12.1 Å². The average molecular weight is 367 g/mol. The van der Waals surface area contributed by atoms with Gasteiger partial charge >= 0.3 is 0 Å². The molecule has 4 heterocycles. The van der Waals surface area contributed by atoms with E-state index in [0.717, 1.165) is 21.8 Å². The number of ether oxygens (including phenoxy) is 1. The van der Waals surface area contributed by atoms with Crippen LogP contribution in [-0.4, -0.2) is 25.4 Å². The number of anilines is 1. The van der Waals surface area contributed by atoms with Crippen molar-refractivity contribution in [2.24, 2.45) is 5.41 Å². The lowest BCUT2D eigenvalue weighted by Crippen LogP contribution is -2.33. The van der Waals surface area contributed by atoms with Crippen LogP contribution in [0.2, 0.25) is 0 Å². The van der Waals surface area contributed by atoms with Crippen LogP contribution in [-0.2, 0) is 4.79 Å². The van der Waals surface area contributed by atoms with Crippen LogP contribution in [0.25, 0.3) is 5.65 Å². The molecule has 26 heavy (non-hydrogen) atoms. The number of Topliss-reactive ketones (excluding diaryl/α,β-unsaturated/α-hetero) is 1. The Hall–Kier alpha value is -2.74. The summed E-state index contributed by atoms with van der Waals surface area (Å²) in [6.07, 6.45) is 2.75. The Morgan fingerprint density at radius 1 is 1.38 bits per heavy atom. The molecule has 132 valence electrons. The Bertz CT molecular complexity index is 1080. The van der Waals surface area contributed by atoms with Gasteiger partial charge in [-0.3, -0.25) is 4.79 Å². The number of ketones is 1. The first-order chi connectivity index (χ1) is 12.4. The molecule has 0 spiro atoms. The van der Waals surface area contributed by atoms with E-state index in [0.29, 0.717) is 24.4 Å². The Morgan fingerprint density at radius 2 is 2.23 bits per heavy atom. The van der Waals surface area contributed by atoms with Gasteiger partial charge in [-0.15, -0.1) is 16.4 Å². The normalized spacial score (nSPS) is 21.5. The summed E-state index contributed by atoms with van der Waals surface area (Å²) in [5.74, 6) is 1.24. The maximum Gasteiger partial charge on any atom is 0.240 e. The van der Waals surface area contributed by atoms with Gasteiger partial charge in [0.05, 0.1) is 11.5 Å². The second-order valence-electron chi connectivity index (χ2n) is 7.53. The van der Waals surface area contributed by atoms with Gasteiger partial charge in [-0.25, -0.2) is 4.98 Å². The van der Waals surface area contributed by atoms with E-state index in [1.54, 1.807) is 22.2 Å². The van der Waals surface area contributed by atoms with Gasteiger partial charge < -0.3 is 10.5 Å². The number of nitrogen functional groups attached to an aromatic ring is 1. The first-order valence-electron chi connectivity index (χ1n) is 8.41. The van der Waals surface area contributed by atoms with Crippen molar-refractivity contribution in [3.05, 3.63) is 45.6 Å². The van der Waals surface area contributed by atoms with E-state index < -0.39 is 0 Å². The molecule has 0 saturated heterocycles. The Labute approximate surface area is 153 Å². The van der Waals surface area contributed by atoms with Crippen molar-refractivity contribution in [1.82, 2.24) is 19.6 Å². The summed E-state index contributed by atoms with van der Waals surface area (Å²) in [6, 6.07) is 4.02. The number of thiophene rings is 1. The molecule has 3 aromatic rings. The van der Waals surface area contributed by atoms with E-state index in [1.165, 1.54) is 0 Å². The minimum atomic E-state index is -0.253. The third-order valence-corrected chi connectivity index (χ3v) is 5.84. The summed E-state index contributed by atoms with van der Waals surface area (Å²) < 4.78 is 7.66. The second kappa shape index (κ2) is 5.14. The molecule has 3 aromatic heterocycles. The maximum absolute atomic E-state index is 13.1. The number of carbonyl (C=O) groups is 1. The lowest BCUT2D eigenvalue weighted by atomic mass is 9.71. The van der Waals surface area contributed by atoms with Crippen molar-refractivity contribution >= 4 is 28.7 Å². The van der Waals surface area contributed by atoms with Crippen molar-refractivity contribution in [2.45, 2.75) is 32.6 Å². The topological polar surface area (TPSA) is 95.4 Å². The molecule has 2 aliphatic rings. The first-order valence-corrected chi connectivity index (χ1v) is 9.29. The van der Waals surface area contributed by atoms with Crippen molar-refractivity contribution < 1.29 is 9.53 Å². The molecule has 0 amide bonds. The predicted molar refractivity (Wildman–Crippen MR) is 97.0 cm³/mol. The molecular formula is C18H17N5O2S. The highest BCUT2D eigenvalue weighted by Crippen LogP contribution is 2.51. The molecule has 0 saturated carbocycles. The molecule has 8 heteroatoms. The fourth-order valence-electron chi connectivity index (χ4n) is 3.90. The summed E-state index contributed by atoms with van der Waals surface area (Å²) in [5, 5.41) is 6.16. The van der Waals surface area contributed by atoms with Crippen molar-refractivity contribution in [3.63, 3.8) is 0 Å². The Morgan fingerprint density at radius 3 is 3.00 bits per heavy atom. The molecule has 2 N–H and O–H groups in total. The lowest BCUT2D eigenvalue weighted by Gasteiger charge is -2.37. The highest BCUT2D eigenvalue weighted by Gasteiger charge is 2.44. The van der Waals surface area contributed by atoms with Crippen LogP contribution in [0.3, 0.4) is 0 Å². The van der Waals surface area contributed by atoms with Gasteiger partial charge in [-0.05, 0) is 16.9 Å². The average Bonchev–Trinajstić information content (AvgIpc) is 3.19. The van der Waals surface area contributed by atoms with E-state index >= 15 is 0 Å². The highest BCUT2D eigenvalue weighted by atomic mass is 32.1. The third-order valence-electron chi connectivity index (χ3n) is 4.91. The van der Waals surface area contributed by atoms with E-state index in [-0.39, 0.29) is 23.1 Å². The predicted octanol–water partition coefficient (Wildman–Crippen LogP) is 2.94. The van der Waals surface area contributed by atoms with Crippen molar-refractivity contribution in [2.75, 3.05) is 5.73 Å². The number of hydrogen-bond donors (Lipinski definition) is 1.